The number of rotatable bonds is 4. The van der Waals surface area contributed by atoms with Crippen molar-refractivity contribution in [1.82, 2.24) is 10.2 Å². The van der Waals surface area contributed by atoms with Crippen LogP contribution in [0.4, 0.5) is 0 Å². The molecule has 3 atom stereocenters. The zero-order valence-corrected chi connectivity index (χ0v) is 13.9. The Bertz CT molecular complexity index is 733. The topological polar surface area (TPSA) is 95.9 Å². The molecule has 0 saturated carbocycles. The Morgan fingerprint density at radius 2 is 1.96 bits per heavy atom. The van der Waals surface area contributed by atoms with Crippen LogP contribution in [0.5, 0.6) is 5.75 Å². The molecule has 126 valence electrons. The molecule has 3 rings (SSSR count). The van der Waals surface area contributed by atoms with E-state index in [1.807, 2.05) is 6.07 Å². The second kappa shape index (κ2) is 6.20. The van der Waals surface area contributed by atoms with Crippen molar-refractivity contribution >= 4 is 29.5 Å². The number of fused-ring (bicyclic) bond motifs is 1. The Morgan fingerprint density at radius 1 is 1.29 bits per heavy atom. The van der Waals surface area contributed by atoms with Crippen molar-refractivity contribution in [2.75, 3.05) is 0 Å². The van der Waals surface area contributed by atoms with Gasteiger partial charge in [-0.2, -0.15) is 0 Å². The van der Waals surface area contributed by atoms with Crippen LogP contribution in [0, 0.1) is 0 Å². The second-order valence-electron chi connectivity index (χ2n) is 5.50. The molecule has 2 heterocycles. The Hall–Kier alpha value is -2.48. The molecule has 0 radical (unpaired) electrons. The molecule has 2 amide bonds. The standard InChI is InChI=1S/C16H16N2O5S/c1-8-11(16(21)22)18-14(20)12(23-10-6-4-3-5-7-10)15(18)24-13(8)17-9(2)19/h3-7,12-13,15H,1-2H3,(H,17,19)(H,21,22)/t12?,13?,15-/m1/s1. The van der Waals surface area contributed by atoms with Crippen LogP contribution in [0.2, 0.25) is 0 Å². The van der Waals surface area contributed by atoms with Gasteiger partial charge in [-0.3, -0.25) is 14.5 Å². The maximum Gasteiger partial charge on any atom is 0.352 e. The first-order valence-electron chi connectivity index (χ1n) is 7.31. The fraction of sp³-hybridized carbons (Fsp3) is 0.312. The summed E-state index contributed by atoms with van der Waals surface area (Å²) in [4.78, 5) is 36.6. The molecular weight excluding hydrogens is 332 g/mol. The summed E-state index contributed by atoms with van der Waals surface area (Å²) in [5, 5.41) is 11.2. The van der Waals surface area contributed by atoms with Crippen LogP contribution >= 0.6 is 11.8 Å². The minimum atomic E-state index is -1.19. The van der Waals surface area contributed by atoms with Gasteiger partial charge in [-0.1, -0.05) is 18.2 Å². The maximum atomic E-state index is 12.4. The monoisotopic (exact) mass is 348 g/mol. The van der Waals surface area contributed by atoms with E-state index in [0.29, 0.717) is 11.3 Å². The highest BCUT2D eigenvalue weighted by molar-refractivity contribution is 8.00. The first-order chi connectivity index (χ1) is 11.4. The number of aliphatic carboxylic acids is 1. The van der Waals surface area contributed by atoms with Crippen LogP contribution in [-0.2, 0) is 14.4 Å². The summed E-state index contributed by atoms with van der Waals surface area (Å²) >= 11 is 1.30. The molecule has 0 spiro atoms. The molecular formula is C16H16N2O5S. The molecule has 8 heteroatoms. The zero-order valence-electron chi connectivity index (χ0n) is 13.1. The van der Waals surface area contributed by atoms with Gasteiger partial charge in [0.1, 0.15) is 22.2 Å². The van der Waals surface area contributed by atoms with Crippen LogP contribution in [0.1, 0.15) is 13.8 Å². The molecule has 1 saturated heterocycles. The van der Waals surface area contributed by atoms with Crippen LogP contribution in [-0.4, -0.2) is 44.6 Å². The van der Waals surface area contributed by atoms with Gasteiger partial charge in [-0.25, -0.2) is 4.79 Å². The minimum Gasteiger partial charge on any atom is -0.477 e. The van der Waals surface area contributed by atoms with Gasteiger partial charge in [0.25, 0.3) is 5.91 Å². The van der Waals surface area contributed by atoms with Crippen LogP contribution < -0.4 is 10.1 Å². The van der Waals surface area contributed by atoms with Gasteiger partial charge >= 0.3 is 5.97 Å². The Balaban J connectivity index is 1.88. The van der Waals surface area contributed by atoms with Gasteiger partial charge in [-0.05, 0) is 24.6 Å². The third kappa shape index (κ3) is 2.73. The fourth-order valence-electron chi connectivity index (χ4n) is 2.72. The van der Waals surface area contributed by atoms with Crippen molar-refractivity contribution < 1.29 is 24.2 Å². The zero-order chi connectivity index (χ0) is 17.4. The Morgan fingerprint density at radius 3 is 2.54 bits per heavy atom. The number of benzene rings is 1. The quantitative estimate of drug-likeness (QED) is 0.793. The normalized spacial score (nSPS) is 25.7. The van der Waals surface area contributed by atoms with Crippen molar-refractivity contribution in [3.05, 3.63) is 41.6 Å². The number of hydrogen-bond donors (Lipinski definition) is 2. The molecule has 2 unspecified atom stereocenters. The first kappa shape index (κ1) is 16.4. The van der Waals surface area contributed by atoms with Gasteiger partial charge in [0, 0.05) is 6.92 Å². The average Bonchev–Trinajstić information content (AvgIpc) is 2.54. The van der Waals surface area contributed by atoms with Crippen LogP contribution in [0.3, 0.4) is 0 Å². The number of β-lactam (4-membered cyclic amide) rings is 1. The maximum absolute atomic E-state index is 12.4. The molecule has 24 heavy (non-hydrogen) atoms. The Kier molecular flexibility index (Phi) is 4.23. The summed E-state index contributed by atoms with van der Waals surface area (Å²) < 4.78 is 5.71. The van der Waals surface area contributed by atoms with Gasteiger partial charge in [-0.15, -0.1) is 11.8 Å². The summed E-state index contributed by atoms with van der Waals surface area (Å²) in [5.41, 5.74) is 0.348. The number of para-hydroxylation sites is 1. The predicted molar refractivity (Wildman–Crippen MR) is 87.0 cm³/mol. The van der Waals surface area contributed by atoms with Gasteiger partial charge in [0.05, 0.1) is 0 Å². The number of thioether (sulfide) groups is 1. The summed E-state index contributed by atoms with van der Waals surface area (Å²) in [6.45, 7) is 2.97. The molecule has 2 N–H and O–H groups in total. The third-order valence-corrected chi connectivity index (χ3v) is 5.30. The van der Waals surface area contributed by atoms with E-state index in [-0.39, 0.29) is 11.6 Å². The highest BCUT2D eigenvalue weighted by Crippen LogP contribution is 2.44. The number of carboxylic acids is 1. The SMILES string of the molecule is CC(=O)NC1S[C@@H]2C(Oc3ccccc3)C(=O)N2C(C(=O)O)=C1C. The number of carbonyl (C=O) groups excluding carboxylic acids is 2. The number of nitrogens with zero attached hydrogens (tertiary/aromatic N) is 1. The van der Waals surface area contributed by atoms with Crippen molar-refractivity contribution in [1.29, 1.82) is 0 Å². The minimum absolute atomic E-state index is 0.0876. The molecule has 1 aromatic carbocycles. The largest absolute Gasteiger partial charge is 0.477 e. The van der Waals surface area contributed by atoms with E-state index in [4.69, 9.17) is 4.74 Å². The lowest BCUT2D eigenvalue weighted by Crippen LogP contribution is -2.68. The molecule has 1 aromatic rings. The van der Waals surface area contributed by atoms with E-state index in [1.54, 1.807) is 31.2 Å². The van der Waals surface area contributed by atoms with Gasteiger partial charge in [0.15, 0.2) is 0 Å². The van der Waals surface area contributed by atoms with Crippen molar-refractivity contribution in [3.8, 4) is 5.75 Å². The number of carboxylic acid groups (broad SMARTS) is 1. The van der Waals surface area contributed by atoms with Gasteiger partial charge < -0.3 is 15.2 Å². The van der Waals surface area contributed by atoms with Crippen molar-refractivity contribution in [2.24, 2.45) is 0 Å². The number of carbonyl (C=O) groups is 3. The highest BCUT2D eigenvalue weighted by Gasteiger charge is 2.56. The lowest BCUT2D eigenvalue weighted by atomic mass is 10.0. The molecule has 7 nitrogen and oxygen atoms in total. The molecule has 2 aliphatic rings. The summed E-state index contributed by atoms with van der Waals surface area (Å²) in [5.74, 6) is -1.32. The van der Waals surface area contributed by atoms with Gasteiger partial charge in [0.2, 0.25) is 12.0 Å². The molecule has 1 fully saturated rings. The first-order valence-corrected chi connectivity index (χ1v) is 8.26. The summed E-state index contributed by atoms with van der Waals surface area (Å²) in [7, 11) is 0. The lowest BCUT2D eigenvalue weighted by molar-refractivity contribution is -0.157. The van der Waals surface area contributed by atoms with E-state index in [1.165, 1.54) is 23.6 Å². The van der Waals surface area contributed by atoms with Crippen LogP contribution in [0.15, 0.2) is 41.6 Å². The lowest BCUT2D eigenvalue weighted by Gasteiger charge is -2.50. The molecule has 0 aliphatic carbocycles. The third-order valence-electron chi connectivity index (χ3n) is 3.82. The number of nitrogens with one attached hydrogen (secondary N) is 1. The molecule has 0 bridgehead atoms. The average molecular weight is 348 g/mol. The molecule has 0 aromatic heterocycles. The van der Waals surface area contributed by atoms with E-state index < -0.39 is 28.7 Å². The number of ether oxygens (including phenoxy) is 1. The fourth-order valence-corrected chi connectivity index (χ4v) is 4.19. The van der Waals surface area contributed by atoms with Crippen LogP contribution in [0.25, 0.3) is 0 Å². The van der Waals surface area contributed by atoms with E-state index >= 15 is 0 Å². The van der Waals surface area contributed by atoms with E-state index in [2.05, 4.69) is 5.32 Å². The summed E-state index contributed by atoms with van der Waals surface area (Å²) in [6.07, 6.45) is -0.781. The van der Waals surface area contributed by atoms with Crippen molar-refractivity contribution in [2.45, 2.75) is 30.7 Å². The van der Waals surface area contributed by atoms with Crippen molar-refractivity contribution in [3.63, 3.8) is 0 Å². The highest BCUT2D eigenvalue weighted by atomic mass is 32.2. The number of hydrogen-bond acceptors (Lipinski definition) is 5. The smallest absolute Gasteiger partial charge is 0.352 e. The van der Waals surface area contributed by atoms with E-state index in [0.717, 1.165) is 0 Å². The molecule has 2 aliphatic heterocycles. The second-order valence-corrected chi connectivity index (χ2v) is 6.73. The van der Waals surface area contributed by atoms with E-state index in [9.17, 15) is 19.5 Å². The predicted octanol–water partition coefficient (Wildman–Crippen LogP) is 1.17. The number of amides is 2. The summed E-state index contributed by atoms with van der Waals surface area (Å²) in [6, 6.07) is 8.87. The Labute approximate surface area is 142 Å².